The predicted octanol–water partition coefficient (Wildman–Crippen LogP) is 3.89. The Bertz CT molecular complexity index is 622. The molecule has 0 aliphatic rings. The van der Waals surface area contributed by atoms with Crippen molar-refractivity contribution in [1.29, 1.82) is 0 Å². The standard InChI is InChI=1S/C16H20N2O2S/c1-4-13-6-7-14(21-13)10-17-15-9-12(18-11(2)19)5-8-16(15)20-3/h5-9,17H,4,10H2,1-3H3,(H,18,19). The molecule has 0 fully saturated rings. The minimum atomic E-state index is -0.0861. The van der Waals surface area contributed by atoms with Crippen molar-refractivity contribution >= 4 is 28.6 Å². The maximum absolute atomic E-state index is 11.1. The van der Waals surface area contributed by atoms with Gasteiger partial charge in [0, 0.05) is 28.9 Å². The van der Waals surface area contributed by atoms with Gasteiger partial charge >= 0.3 is 0 Å². The number of nitrogens with one attached hydrogen (secondary N) is 2. The van der Waals surface area contributed by atoms with Gasteiger partial charge in [0.15, 0.2) is 0 Å². The Morgan fingerprint density at radius 3 is 2.62 bits per heavy atom. The van der Waals surface area contributed by atoms with Gasteiger partial charge in [-0.3, -0.25) is 4.79 Å². The van der Waals surface area contributed by atoms with Crippen LogP contribution in [0.5, 0.6) is 5.75 Å². The lowest BCUT2D eigenvalue weighted by Gasteiger charge is -2.12. The summed E-state index contributed by atoms with van der Waals surface area (Å²) in [6, 6.07) is 9.85. The number of rotatable bonds is 6. The highest BCUT2D eigenvalue weighted by Gasteiger charge is 2.06. The largest absolute Gasteiger partial charge is 0.495 e. The molecule has 2 rings (SSSR count). The lowest BCUT2D eigenvalue weighted by molar-refractivity contribution is -0.114. The van der Waals surface area contributed by atoms with E-state index in [1.54, 1.807) is 7.11 Å². The maximum Gasteiger partial charge on any atom is 0.221 e. The molecule has 0 saturated carbocycles. The summed E-state index contributed by atoms with van der Waals surface area (Å²) in [5, 5.41) is 6.14. The first kappa shape index (κ1) is 15.4. The Morgan fingerprint density at radius 1 is 1.24 bits per heavy atom. The van der Waals surface area contributed by atoms with Crippen LogP contribution in [0.15, 0.2) is 30.3 Å². The van der Waals surface area contributed by atoms with Crippen LogP contribution >= 0.6 is 11.3 Å². The molecule has 2 aromatic rings. The molecule has 5 heteroatoms. The number of carbonyl (C=O) groups is 1. The van der Waals surface area contributed by atoms with Gasteiger partial charge in [-0.15, -0.1) is 11.3 Å². The van der Waals surface area contributed by atoms with Crippen molar-refractivity contribution in [3.63, 3.8) is 0 Å². The molecule has 4 nitrogen and oxygen atoms in total. The summed E-state index contributed by atoms with van der Waals surface area (Å²) in [6.07, 6.45) is 1.06. The fourth-order valence-electron chi connectivity index (χ4n) is 2.02. The van der Waals surface area contributed by atoms with Crippen molar-refractivity contribution < 1.29 is 9.53 Å². The molecule has 0 aliphatic carbocycles. The van der Waals surface area contributed by atoms with Crippen molar-refractivity contribution in [3.05, 3.63) is 40.1 Å². The number of carbonyl (C=O) groups excluding carboxylic acids is 1. The summed E-state index contributed by atoms with van der Waals surface area (Å²) in [4.78, 5) is 13.8. The molecule has 0 atom stereocenters. The van der Waals surface area contributed by atoms with E-state index in [0.717, 1.165) is 30.1 Å². The van der Waals surface area contributed by atoms with Crippen LogP contribution in [-0.4, -0.2) is 13.0 Å². The summed E-state index contributed by atoms with van der Waals surface area (Å²) < 4.78 is 5.35. The van der Waals surface area contributed by atoms with Crippen molar-refractivity contribution in [2.75, 3.05) is 17.7 Å². The summed E-state index contributed by atoms with van der Waals surface area (Å²) >= 11 is 1.81. The zero-order valence-electron chi connectivity index (χ0n) is 12.5. The lowest BCUT2D eigenvalue weighted by atomic mass is 10.2. The zero-order valence-corrected chi connectivity index (χ0v) is 13.3. The van der Waals surface area contributed by atoms with Crippen LogP contribution in [0.2, 0.25) is 0 Å². The quantitative estimate of drug-likeness (QED) is 0.851. The average molecular weight is 304 g/mol. The molecule has 1 aromatic heterocycles. The molecule has 0 bridgehead atoms. The highest BCUT2D eigenvalue weighted by atomic mass is 32.1. The molecule has 0 spiro atoms. The average Bonchev–Trinajstić information content (AvgIpc) is 2.92. The van der Waals surface area contributed by atoms with E-state index >= 15 is 0 Å². The number of aryl methyl sites for hydroxylation is 1. The van der Waals surface area contributed by atoms with Gasteiger partial charge < -0.3 is 15.4 Å². The Kier molecular flexibility index (Phi) is 5.22. The highest BCUT2D eigenvalue weighted by molar-refractivity contribution is 7.12. The van der Waals surface area contributed by atoms with Gasteiger partial charge in [0.05, 0.1) is 12.8 Å². The van der Waals surface area contributed by atoms with Gasteiger partial charge in [-0.1, -0.05) is 6.92 Å². The number of hydrogen-bond donors (Lipinski definition) is 2. The maximum atomic E-state index is 11.1. The number of anilines is 2. The van der Waals surface area contributed by atoms with E-state index < -0.39 is 0 Å². The van der Waals surface area contributed by atoms with Crippen LogP contribution in [0, 0.1) is 0 Å². The van der Waals surface area contributed by atoms with Gasteiger partial charge in [0.25, 0.3) is 0 Å². The Balaban J connectivity index is 2.11. The SMILES string of the molecule is CCc1ccc(CNc2cc(NC(C)=O)ccc2OC)s1. The molecule has 1 heterocycles. The number of benzene rings is 1. The molecule has 21 heavy (non-hydrogen) atoms. The molecule has 0 unspecified atom stereocenters. The first-order valence-corrected chi connectivity index (χ1v) is 7.71. The molecule has 112 valence electrons. The molecule has 1 aromatic carbocycles. The zero-order chi connectivity index (χ0) is 15.2. The van der Waals surface area contributed by atoms with E-state index in [4.69, 9.17) is 4.74 Å². The van der Waals surface area contributed by atoms with E-state index in [0.29, 0.717) is 0 Å². The van der Waals surface area contributed by atoms with Crippen LogP contribution < -0.4 is 15.4 Å². The Morgan fingerprint density at radius 2 is 2.00 bits per heavy atom. The smallest absolute Gasteiger partial charge is 0.221 e. The summed E-state index contributed by atoms with van der Waals surface area (Å²) in [5.74, 6) is 0.674. The number of amides is 1. The normalized spacial score (nSPS) is 10.2. The van der Waals surface area contributed by atoms with Crippen LogP contribution in [0.3, 0.4) is 0 Å². The van der Waals surface area contributed by atoms with E-state index in [2.05, 4.69) is 29.7 Å². The monoisotopic (exact) mass is 304 g/mol. The van der Waals surface area contributed by atoms with Crippen LogP contribution in [0.4, 0.5) is 11.4 Å². The summed E-state index contributed by atoms with van der Waals surface area (Å²) in [7, 11) is 1.64. The van der Waals surface area contributed by atoms with E-state index in [-0.39, 0.29) is 5.91 Å². The second-order valence-corrected chi connectivity index (χ2v) is 5.92. The van der Waals surface area contributed by atoms with E-state index in [1.165, 1.54) is 16.7 Å². The summed E-state index contributed by atoms with van der Waals surface area (Å²) in [6.45, 7) is 4.39. The van der Waals surface area contributed by atoms with Crippen molar-refractivity contribution in [2.45, 2.75) is 26.8 Å². The lowest BCUT2D eigenvalue weighted by Crippen LogP contribution is -2.07. The summed E-state index contributed by atoms with van der Waals surface area (Å²) in [5.41, 5.74) is 1.63. The van der Waals surface area contributed by atoms with Crippen molar-refractivity contribution in [1.82, 2.24) is 0 Å². The molecule has 0 aliphatic heterocycles. The third kappa shape index (κ3) is 4.23. The van der Waals surface area contributed by atoms with Gasteiger partial charge in [-0.25, -0.2) is 0 Å². The number of hydrogen-bond acceptors (Lipinski definition) is 4. The fourth-order valence-corrected chi connectivity index (χ4v) is 2.91. The molecular formula is C16H20N2O2S. The number of methoxy groups -OCH3 is 1. The Hall–Kier alpha value is -2.01. The van der Waals surface area contributed by atoms with E-state index in [1.807, 2.05) is 29.5 Å². The van der Waals surface area contributed by atoms with Crippen LogP contribution in [0.1, 0.15) is 23.6 Å². The molecule has 0 saturated heterocycles. The van der Waals surface area contributed by atoms with Gasteiger partial charge in [0.2, 0.25) is 5.91 Å². The van der Waals surface area contributed by atoms with Crippen molar-refractivity contribution in [2.24, 2.45) is 0 Å². The highest BCUT2D eigenvalue weighted by Crippen LogP contribution is 2.29. The third-order valence-corrected chi connectivity index (χ3v) is 4.27. The van der Waals surface area contributed by atoms with Crippen LogP contribution in [0.25, 0.3) is 0 Å². The second kappa shape index (κ2) is 7.13. The first-order chi connectivity index (χ1) is 10.1. The third-order valence-electron chi connectivity index (χ3n) is 3.04. The first-order valence-electron chi connectivity index (χ1n) is 6.89. The van der Waals surface area contributed by atoms with Gasteiger partial charge in [-0.2, -0.15) is 0 Å². The second-order valence-electron chi connectivity index (χ2n) is 4.67. The van der Waals surface area contributed by atoms with Gasteiger partial charge in [-0.05, 0) is 36.8 Å². The molecule has 0 radical (unpaired) electrons. The molecule has 2 N–H and O–H groups in total. The number of thiophene rings is 1. The minimum absolute atomic E-state index is 0.0861. The number of ether oxygens (including phenoxy) is 1. The van der Waals surface area contributed by atoms with Gasteiger partial charge in [0.1, 0.15) is 5.75 Å². The topological polar surface area (TPSA) is 50.4 Å². The van der Waals surface area contributed by atoms with Crippen molar-refractivity contribution in [3.8, 4) is 5.75 Å². The fraction of sp³-hybridized carbons (Fsp3) is 0.312. The molecule has 1 amide bonds. The van der Waals surface area contributed by atoms with E-state index in [9.17, 15) is 4.79 Å². The predicted molar refractivity (Wildman–Crippen MR) is 88.3 cm³/mol. The Labute approximate surface area is 129 Å². The van der Waals surface area contributed by atoms with Crippen LogP contribution in [-0.2, 0) is 17.8 Å². The molecular weight excluding hydrogens is 284 g/mol. The minimum Gasteiger partial charge on any atom is -0.495 e.